The Morgan fingerprint density at radius 1 is 0.947 bits per heavy atom. The Morgan fingerprint density at radius 3 is 2.32 bits per heavy atom. The molecular formula is C14H9Br3F2. The maximum absolute atomic E-state index is 14.0. The number of benzene rings is 2. The minimum atomic E-state index is -0.478. The summed E-state index contributed by atoms with van der Waals surface area (Å²) in [7, 11) is 0. The summed E-state index contributed by atoms with van der Waals surface area (Å²) in [5.74, 6) is -0.928. The highest BCUT2D eigenvalue weighted by Crippen LogP contribution is 2.37. The molecule has 0 saturated carbocycles. The van der Waals surface area contributed by atoms with Gasteiger partial charge in [0.2, 0.25) is 0 Å². The van der Waals surface area contributed by atoms with Crippen LogP contribution >= 0.6 is 47.8 Å². The molecule has 0 N–H and O–H groups in total. The Bertz CT molecular complexity index is 626. The molecule has 0 saturated heterocycles. The van der Waals surface area contributed by atoms with Crippen LogP contribution < -0.4 is 0 Å². The fraction of sp³-hybridized carbons (Fsp3) is 0.143. The van der Waals surface area contributed by atoms with Crippen LogP contribution in [0.1, 0.15) is 21.5 Å². The third-order valence-electron chi connectivity index (χ3n) is 2.90. The maximum Gasteiger partial charge on any atom is 0.137 e. The van der Waals surface area contributed by atoms with Crippen LogP contribution in [-0.2, 0) is 0 Å². The second-order valence-corrected chi connectivity index (χ2v) is 6.73. The summed E-state index contributed by atoms with van der Waals surface area (Å²) in [5.41, 5.74) is 2.17. The van der Waals surface area contributed by atoms with Crippen molar-refractivity contribution < 1.29 is 8.78 Å². The SMILES string of the molecule is Cc1c(Br)cccc1C(Br)c1cc(F)c(Br)cc1F. The highest BCUT2D eigenvalue weighted by Gasteiger charge is 2.19. The van der Waals surface area contributed by atoms with Crippen molar-refractivity contribution in [1.29, 1.82) is 0 Å². The quantitative estimate of drug-likeness (QED) is 0.370. The van der Waals surface area contributed by atoms with Crippen LogP contribution in [0.4, 0.5) is 8.78 Å². The number of rotatable bonds is 2. The molecule has 0 heterocycles. The molecule has 1 unspecified atom stereocenters. The standard InChI is InChI=1S/C14H9Br3F2/c1-7-8(3-2-4-10(7)15)14(17)9-5-13(19)11(16)6-12(9)18/h2-6,14H,1H3. The molecule has 0 aliphatic carbocycles. The summed E-state index contributed by atoms with van der Waals surface area (Å²) >= 11 is 9.86. The van der Waals surface area contributed by atoms with Gasteiger partial charge in [-0.1, -0.05) is 44.0 Å². The van der Waals surface area contributed by atoms with Crippen molar-refractivity contribution in [1.82, 2.24) is 0 Å². The fourth-order valence-corrected chi connectivity index (χ4v) is 3.34. The Hall–Kier alpha value is -0.260. The van der Waals surface area contributed by atoms with E-state index in [4.69, 9.17) is 0 Å². The molecule has 0 aliphatic rings. The Kier molecular flexibility index (Phi) is 4.79. The third kappa shape index (κ3) is 3.09. The molecule has 0 nitrogen and oxygen atoms in total. The number of halogens is 5. The first-order valence-electron chi connectivity index (χ1n) is 5.45. The lowest BCUT2D eigenvalue weighted by molar-refractivity contribution is 0.583. The van der Waals surface area contributed by atoms with Gasteiger partial charge >= 0.3 is 0 Å². The molecule has 2 rings (SSSR count). The minimum absolute atomic E-state index is 0.124. The van der Waals surface area contributed by atoms with E-state index in [-0.39, 0.29) is 10.0 Å². The Labute approximate surface area is 135 Å². The molecule has 0 spiro atoms. The zero-order chi connectivity index (χ0) is 14.2. The van der Waals surface area contributed by atoms with Crippen molar-refractivity contribution in [3.8, 4) is 0 Å². The van der Waals surface area contributed by atoms with Crippen molar-refractivity contribution in [2.75, 3.05) is 0 Å². The molecular weight excluding hydrogens is 446 g/mol. The second-order valence-electron chi connectivity index (χ2n) is 4.10. The van der Waals surface area contributed by atoms with Gasteiger partial charge < -0.3 is 0 Å². The van der Waals surface area contributed by atoms with E-state index in [2.05, 4.69) is 47.8 Å². The van der Waals surface area contributed by atoms with E-state index in [1.807, 2.05) is 25.1 Å². The molecule has 5 heteroatoms. The normalized spacial score (nSPS) is 12.5. The molecule has 0 bridgehead atoms. The van der Waals surface area contributed by atoms with E-state index in [9.17, 15) is 8.78 Å². The highest BCUT2D eigenvalue weighted by atomic mass is 79.9. The van der Waals surface area contributed by atoms with Gasteiger partial charge in [-0.3, -0.25) is 0 Å². The number of hydrogen-bond acceptors (Lipinski definition) is 0. The third-order valence-corrected chi connectivity index (χ3v) is 5.35. The molecule has 2 aromatic rings. The lowest BCUT2D eigenvalue weighted by atomic mass is 10.00. The smallest absolute Gasteiger partial charge is 0.137 e. The largest absolute Gasteiger partial charge is 0.207 e. The molecule has 0 aliphatic heterocycles. The predicted octanol–water partition coefficient (Wildman–Crippen LogP) is 6.28. The van der Waals surface area contributed by atoms with Gasteiger partial charge in [-0.05, 0) is 52.2 Å². The summed E-state index contributed by atoms with van der Waals surface area (Å²) in [5, 5.41) is 0. The van der Waals surface area contributed by atoms with E-state index in [0.717, 1.165) is 21.7 Å². The van der Waals surface area contributed by atoms with E-state index >= 15 is 0 Å². The van der Waals surface area contributed by atoms with Gasteiger partial charge in [0.25, 0.3) is 0 Å². The van der Waals surface area contributed by atoms with Crippen LogP contribution in [0.15, 0.2) is 39.3 Å². The number of alkyl halides is 1. The number of hydrogen-bond donors (Lipinski definition) is 0. The van der Waals surface area contributed by atoms with Crippen molar-refractivity contribution in [2.45, 2.75) is 11.8 Å². The summed E-state index contributed by atoms with van der Waals surface area (Å²) < 4.78 is 28.6. The fourth-order valence-electron chi connectivity index (χ4n) is 1.80. The van der Waals surface area contributed by atoms with Crippen molar-refractivity contribution in [3.05, 3.63) is 67.6 Å². The van der Waals surface area contributed by atoms with Crippen LogP contribution in [0.25, 0.3) is 0 Å². The summed E-state index contributed by atoms with van der Waals surface area (Å²) in [6, 6.07) is 8.02. The Morgan fingerprint density at radius 2 is 1.63 bits per heavy atom. The second kappa shape index (κ2) is 6.02. The van der Waals surface area contributed by atoms with Gasteiger partial charge in [-0.2, -0.15) is 0 Å². The minimum Gasteiger partial charge on any atom is -0.207 e. The lowest BCUT2D eigenvalue weighted by Crippen LogP contribution is -2.00. The first-order valence-corrected chi connectivity index (χ1v) is 7.95. The monoisotopic (exact) mass is 452 g/mol. The topological polar surface area (TPSA) is 0 Å². The van der Waals surface area contributed by atoms with E-state index in [1.54, 1.807) is 0 Å². The molecule has 0 fully saturated rings. The first-order chi connectivity index (χ1) is 8.91. The average Bonchev–Trinajstić information content (AvgIpc) is 2.36. The average molecular weight is 455 g/mol. The van der Waals surface area contributed by atoms with Crippen LogP contribution in [0, 0.1) is 18.6 Å². The van der Waals surface area contributed by atoms with Crippen molar-refractivity contribution in [2.24, 2.45) is 0 Å². The molecule has 1 atom stereocenters. The van der Waals surface area contributed by atoms with Gasteiger partial charge in [-0.15, -0.1) is 0 Å². The molecule has 0 amide bonds. The van der Waals surface area contributed by atoms with E-state index in [0.29, 0.717) is 0 Å². The summed E-state index contributed by atoms with van der Waals surface area (Å²) in [6.07, 6.45) is 0. The lowest BCUT2D eigenvalue weighted by Gasteiger charge is -2.16. The molecule has 0 aromatic heterocycles. The predicted molar refractivity (Wildman–Crippen MR) is 83.7 cm³/mol. The highest BCUT2D eigenvalue weighted by molar-refractivity contribution is 9.11. The van der Waals surface area contributed by atoms with Gasteiger partial charge in [-0.25, -0.2) is 8.78 Å². The zero-order valence-corrected chi connectivity index (χ0v) is 14.6. The van der Waals surface area contributed by atoms with Gasteiger partial charge in [0.15, 0.2) is 0 Å². The van der Waals surface area contributed by atoms with Crippen LogP contribution in [0.2, 0.25) is 0 Å². The molecule has 0 radical (unpaired) electrons. The van der Waals surface area contributed by atoms with Crippen LogP contribution in [-0.4, -0.2) is 0 Å². The van der Waals surface area contributed by atoms with Gasteiger partial charge in [0, 0.05) is 10.0 Å². The van der Waals surface area contributed by atoms with Crippen LogP contribution in [0.3, 0.4) is 0 Å². The van der Waals surface area contributed by atoms with Gasteiger partial charge in [0.1, 0.15) is 11.6 Å². The van der Waals surface area contributed by atoms with E-state index in [1.165, 1.54) is 6.07 Å². The molecule has 2 aromatic carbocycles. The zero-order valence-electron chi connectivity index (χ0n) is 9.85. The molecule has 100 valence electrons. The Balaban J connectivity index is 2.53. The van der Waals surface area contributed by atoms with Crippen LogP contribution in [0.5, 0.6) is 0 Å². The maximum atomic E-state index is 14.0. The van der Waals surface area contributed by atoms with E-state index < -0.39 is 16.5 Å². The summed E-state index contributed by atoms with van der Waals surface area (Å²) in [6.45, 7) is 1.93. The van der Waals surface area contributed by atoms with Crippen molar-refractivity contribution in [3.63, 3.8) is 0 Å². The first kappa shape index (κ1) is 15.1. The summed E-state index contributed by atoms with van der Waals surface area (Å²) in [4.78, 5) is -0.396. The van der Waals surface area contributed by atoms with Gasteiger partial charge in [0.05, 0.1) is 9.30 Å². The molecule has 19 heavy (non-hydrogen) atoms. The van der Waals surface area contributed by atoms with Crippen molar-refractivity contribution >= 4 is 47.8 Å².